The number of carbonyl (C=O) groups excluding carboxylic acids is 1. The molecule has 0 aromatic heterocycles. The first-order valence-electron chi connectivity index (χ1n) is 10.5. The van der Waals surface area contributed by atoms with Crippen LogP contribution < -0.4 is 10.6 Å². The number of fused-ring (bicyclic) bond motifs is 2. The Hall–Kier alpha value is -1.88. The zero-order chi connectivity index (χ0) is 19.2. The first-order chi connectivity index (χ1) is 13.8. The van der Waals surface area contributed by atoms with E-state index in [4.69, 9.17) is 4.74 Å². The molecule has 2 fully saturated rings. The van der Waals surface area contributed by atoms with E-state index in [-0.39, 0.29) is 18.3 Å². The van der Waals surface area contributed by atoms with Gasteiger partial charge in [-0.15, -0.1) is 12.4 Å². The molecule has 2 atom stereocenters. The van der Waals surface area contributed by atoms with Crippen LogP contribution in [-0.4, -0.2) is 18.0 Å². The number of ether oxygens (including phenoxy) is 1. The fraction of sp³-hybridized carbons (Fsp3) is 0.458. The molecule has 1 amide bonds. The van der Waals surface area contributed by atoms with Crippen LogP contribution in [0.5, 0.6) is 0 Å². The molecule has 2 aliphatic heterocycles. The number of halogens is 1. The van der Waals surface area contributed by atoms with Gasteiger partial charge in [0.25, 0.3) is 0 Å². The van der Waals surface area contributed by atoms with E-state index in [0.717, 1.165) is 24.0 Å². The Labute approximate surface area is 179 Å². The van der Waals surface area contributed by atoms with Gasteiger partial charge in [0, 0.05) is 25.0 Å². The number of rotatable bonds is 8. The molecule has 0 radical (unpaired) electrons. The standard InChI is InChI=1S/C24H30N2O2.ClH/c27-24(14-19-12-22-10-11-23(13-19)26-22)25-15-20-8-4-5-9-21(20)17-28-16-18-6-2-1-3-7-18;/h1-9,19,22-23,26H,10-17H2,(H,25,27);1H. The van der Waals surface area contributed by atoms with E-state index < -0.39 is 0 Å². The molecule has 2 aliphatic rings. The highest BCUT2D eigenvalue weighted by atomic mass is 35.5. The number of carbonyl (C=O) groups is 1. The molecule has 2 saturated heterocycles. The van der Waals surface area contributed by atoms with Gasteiger partial charge in [0.2, 0.25) is 5.91 Å². The highest BCUT2D eigenvalue weighted by molar-refractivity contribution is 5.85. The maximum atomic E-state index is 12.5. The largest absolute Gasteiger partial charge is 0.372 e. The zero-order valence-electron chi connectivity index (χ0n) is 16.8. The molecule has 4 rings (SSSR count). The van der Waals surface area contributed by atoms with E-state index in [9.17, 15) is 4.79 Å². The smallest absolute Gasteiger partial charge is 0.220 e. The predicted octanol–water partition coefficient (Wildman–Crippen LogP) is 4.36. The molecular weight excluding hydrogens is 384 g/mol. The molecule has 156 valence electrons. The van der Waals surface area contributed by atoms with Gasteiger partial charge in [-0.05, 0) is 48.3 Å². The number of piperidine rings is 1. The topological polar surface area (TPSA) is 50.4 Å². The van der Waals surface area contributed by atoms with Gasteiger partial charge < -0.3 is 15.4 Å². The van der Waals surface area contributed by atoms with Crippen molar-refractivity contribution in [1.82, 2.24) is 10.6 Å². The lowest BCUT2D eigenvalue weighted by Crippen LogP contribution is -2.39. The molecule has 5 heteroatoms. The second kappa shape index (κ2) is 10.8. The van der Waals surface area contributed by atoms with Crippen molar-refractivity contribution in [3.63, 3.8) is 0 Å². The maximum Gasteiger partial charge on any atom is 0.220 e. The molecule has 2 heterocycles. The van der Waals surface area contributed by atoms with Crippen LogP contribution in [0.4, 0.5) is 0 Å². The third kappa shape index (κ3) is 6.30. The summed E-state index contributed by atoms with van der Waals surface area (Å²) in [5.41, 5.74) is 3.44. The van der Waals surface area contributed by atoms with Gasteiger partial charge in [0.1, 0.15) is 0 Å². The van der Waals surface area contributed by atoms with Crippen LogP contribution in [0.15, 0.2) is 54.6 Å². The van der Waals surface area contributed by atoms with Gasteiger partial charge in [-0.1, -0.05) is 54.6 Å². The number of amides is 1. The summed E-state index contributed by atoms with van der Waals surface area (Å²) in [5, 5.41) is 6.77. The minimum atomic E-state index is 0. The van der Waals surface area contributed by atoms with Gasteiger partial charge in [-0.2, -0.15) is 0 Å². The van der Waals surface area contributed by atoms with Crippen LogP contribution in [0.25, 0.3) is 0 Å². The average molecular weight is 415 g/mol. The summed E-state index contributed by atoms with van der Waals surface area (Å²) in [4.78, 5) is 12.5. The third-order valence-corrected chi connectivity index (χ3v) is 6.01. The quantitative estimate of drug-likeness (QED) is 0.674. The summed E-state index contributed by atoms with van der Waals surface area (Å²) >= 11 is 0. The lowest BCUT2D eigenvalue weighted by atomic mass is 9.89. The van der Waals surface area contributed by atoms with Crippen molar-refractivity contribution >= 4 is 18.3 Å². The molecular formula is C24H31ClN2O2. The molecule has 2 N–H and O–H groups in total. The lowest BCUT2D eigenvalue weighted by molar-refractivity contribution is -0.122. The molecule has 29 heavy (non-hydrogen) atoms. The van der Waals surface area contributed by atoms with Crippen LogP contribution >= 0.6 is 12.4 Å². The molecule has 4 nitrogen and oxygen atoms in total. The number of benzene rings is 2. The second-order valence-corrected chi connectivity index (χ2v) is 8.20. The van der Waals surface area contributed by atoms with E-state index in [0.29, 0.717) is 44.2 Å². The molecule has 0 aliphatic carbocycles. The summed E-state index contributed by atoms with van der Waals surface area (Å²) in [6.07, 6.45) is 5.50. The Kier molecular flexibility index (Phi) is 8.10. The highest BCUT2D eigenvalue weighted by Crippen LogP contribution is 2.32. The van der Waals surface area contributed by atoms with Gasteiger partial charge in [-0.25, -0.2) is 0 Å². The minimum Gasteiger partial charge on any atom is -0.372 e. The molecule has 2 aromatic carbocycles. The zero-order valence-corrected chi connectivity index (χ0v) is 17.6. The number of hydrogen-bond acceptors (Lipinski definition) is 3. The van der Waals surface area contributed by atoms with Gasteiger partial charge in [0.05, 0.1) is 13.2 Å². The summed E-state index contributed by atoms with van der Waals surface area (Å²) in [6.45, 7) is 1.72. The molecule has 2 aromatic rings. The predicted molar refractivity (Wildman–Crippen MR) is 118 cm³/mol. The normalized spacial score (nSPS) is 22.7. The van der Waals surface area contributed by atoms with Crippen molar-refractivity contribution in [2.24, 2.45) is 5.92 Å². The molecule has 2 bridgehead atoms. The van der Waals surface area contributed by atoms with Crippen LogP contribution in [0.1, 0.15) is 48.8 Å². The molecule has 0 saturated carbocycles. The monoisotopic (exact) mass is 414 g/mol. The fourth-order valence-electron chi connectivity index (χ4n) is 4.59. The van der Waals surface area contributed by atoms with Crippen molar-refractivity contribution in [2.75, 3.05) is 0 Å². The minimum absolute atomic E-state index is 0. The van der Waals surface area contributed by atoms with E-state index in [2.05, 4.69) is 34.9 Å². The average Bonchev–Trinajstić information content (AvgIpc) is 3.06. The summed E-state index contributed by atoms with van der Waals surface area (Å²) in [5.74, 6) is 0.703. The van der Waals surface area contributed by atoms with Crippen LogP contribution in [0.3, 0.4) is 0 Å². The van der Waals surface area contributed by atoms with E-state index >= 15 is 0 Å². The summed E-state index contributed by atoms with van der Waals surface area (Å²) in [6, 6.07) is 19.7. The third-order valence-electron chi connectivity index (χ3n) is 6.01. The maximum absolute atomic E-state index is 12.5. The SMILES string of the molecule is Cl.O=C(CC1CC2CCC(C1)N2)NCc1ccccc1COCc1ccccc1. The van der Waals surface area contributed by atoms with E-state index in [1.54, 1.807) is 0 Å². The second-order valence-electron chi connectivity index (χ2n) is 8.20. The van der Waals surface area contributed by atoms with Gasteiger partial charge in [0.15, 0.2) is 0 Å². The van der Waals surface area contributed by atoms with Gasteiger partial charge >= 0.3 is 0 Å². The van der Waals surface area contributed by atoms with Crippen LogP contribution in [0.2, 0.25) is 0 Å². The van der Waals surface area contributed by atoms with Gasteiger partial charge in [-0.3, -0.25) is 4.79 Å². The Bertz CT molecular complexity index is 771. The Balaban J connectivity index is 0.00000240. The lowest BCUT2D eigenvalue weighted by Gasteiger charge is -2.28. The molecule has 2 unspecified atom stereocenters. The van der Waals surface area contributed by atoms with Crippen LogP contribution in [0, 0.1) is 5.92 Å². The first-order valence-corrected chi connectivity index (χ1v) is 10.5. The summed E-state index contributed by atoms with van der Waals surface area (Å²) < 4.78 is 5.89. The van der Waals surface area contributed by atoms with Crippen molar-refractivity contribution < 1.29 is 9.53 Å². The van der Waals surface area contributed by atoms with Crippen LogP contribution in [-0.2, 0) is 29.3 Å². The van der Waals surface area contributed by atoms with E-state index in [1.165, 1.54) is 18.4 Å². The van der Waals surface area contributed by atoms with Crippen molar-refractivity contribution in [3.05, 3.63) is 71.3 Å². The van der Waals surface area contributed by atoms with E-state index in [1.807, 2.05) is 30.3 Å². The first kappa shape index (κ1) is 21.8. The Morgan fingerprint density at radius 2 is 1.59 bits per heavy atom. The van der Waals surface area contributed by atoms with Crippen molar-refractivity contribution in [2.45, 2.75) is 63.9 Å². The summed E-state index contributed by atoms with van der Waals surface area (Å²) in [7, 11) is 0. The molecule has 0 spiro atoms. The van der Waals surface area contributed by atoms with Crippen molar-refractivity contribution in [1.29, 1.82) is 0 Å². The number of hydrogen-bond donors (Lipinski definition) is 2. The fourth-order valence-corrected chi connectivity index (χ4v) is 4.59. The number of nitrogens with one attached hydrogen (secondary N) is 2. The Morgan fingerprint density at radius 3 is 2.31 bits per heavy atom. The van der Waals surface area contributed by atoms with Crippen molar-refractivity contribution in [3.8, 4) is 0 Å². The Morgan fingerprint density at radius 1 is 0.931 bits per heavy atom. The highest BCUT2D eigenvalue weighted by Gasteiger charge is 2.34.